The number of carbonyl (C=O) groups is 1. The number of tetrazole rings is 1. The number of hydrogen-bond acceptors (Lipinski definition) is 7. The average Bonchev–Trinajstić information content (AvgIpc) is 3.32. The maximum absolute atomic E-state index is 12.3. The van der Waals surface area contributed by atoms with Gasteiger partial charge in [-0.05, 0) is 34.0 Å². The summed E-state index contributed by atoms with van der Waals surface area (Å²) in [6, 6.07) is 11.8. The number of hydrogen-bond donors (Lipinski definition) is 1. The average molecular weight is 404 g/mol. The summed E-state index contributed by atoms with van der Waals surface area (Å²) in [6.45, 7) is 4.33. The van der Waals surface area contributed by atoms with Crippen LogP contribution in [0.25, 0.3) is 0 Å². The zero-order valence-corrected chi connectivity index (χ0v) is 16.3. The van der Waals surface area contributed by atoms with Crippen molar-refractivity contribution in [3.63, 3.8) is 0 Å². The summed E-state index contributed by atoms with van der Waals surface area (Å²) in [5.41, 5.74) is 0.808. The smallest absolute Gasteiger partial charge is 0.234 e. The van der Waals surface area contributed by atoms with E-state index in [-0.39, 0.29) is 11.7 Å². The van der Waals surface area contributed by atoms with Gasteiger partial charge in [-0.2, -0.15) is 0 Å². The molecule has 0 saturated heterocycles. The van der Waals surface area contributed by atoms with Crippen molar-refractivity contribution < 1.29 is 4.79 Å². The van der Waals surface area contributed by atoms with Crippen LogP contribution in [0.1, 0.15) is 4.88 Å². The van der Waals surface area contributed by atoms with Crippen LogP contribution in [0, 0.1) is 0 Å². The van der Waals surface area contributed by atoms with Crippen molar-refractivity contribution in [2.75, 3.05) is 16.8 Å². The van der Waals surface area contributed by atoms with E-state index in [1.54, 1.807) is 27.8 Å². The summed E-state index contributed by atoms with van der Waals surface area (Å²) in [5, 5.41) is 17.3. The summed E-state index contributed by atoms with van der Waals surface area (Å²) >= 11 is 4.61. The molecule has 0 unspecified atom stereocenters. The van der Waals surface area contributed by atoms with E-state index in [0.29, 0.717) is 11.7 Å². The number of benzene rings is 1. The van der Waals surface area contributed by atoms with E-state index >= 15 is 0 Å². The highest BCUT2D eigenvalue weighted by Gasteiger charge is 2.12. The van der Waals surface area contributed by atoms with Crippen molar-refractivity contribution in [1.82, 2.24) is 20.2 Å². The fraction of sp³-hybridized carbons (Fsp3) is 0.176. The fourth-order valence-electron chi connectivity index (χ4n) is 2.11. The van der Waals surface area contributed by atoms with E-state index in [1.807, 2.05) is 47.9 Å². The molecule has 0 radical (unpaired) electrons. The second kappa shape index (κ2) is 9.56. The number of amides is 1. The van der Waals surface area contributed by atoms with Crippen LogP contribution < -0.4 is 5.32 Å². The summed E-state index contributed by atoms with van der Waals surface area (Å²) in [7, 11) is 0. The van der Waals surface area contributed by atoms with Crippen LogP contribution >= 0.6 is 34.9 Å². The molecule has 9 heteroatoms. The fourth-order valence-corrected chi connectivity index (χ4v) is 4.22. The molecule has 0 fully saturated rings. The van der Waals surface area contributed by atoms with Crippen molar-refractivity contribution in [2.24, 2.45) is 0 Å². The topological polar surface area (TPSA) is 72.7 Å². The van der Waals surface area contributed by atoms with E-state index in [4.69, 9.17) is 0 Å². The Kier molecular flexibility index (Phi) is 6.87. The molecule has 6 nitrogen and oxygen atoms in total. The number of nitrogens with one attached hydrogen (secondary N) is 1. The maximum atomic E-state index is 12.3. The predicted octanol–water partition coefficient (Wildman–Crippen LogP) is 3.79. The lowest BCUT2D eigenvalue weighted by atomic mass is 10.3. The third kappa shape index (κ3) is 5.20. The lowest BCUT2D eigenvalue weighted by Gasteiger charge is -2.09. The molecule has 0 saturated carbocycles. The Bertz CT molecular complexity index is 863. The lowest BCUT2D eigenvalue weighted by Crippen LogP contribution is -2.15. The van der Waals surface area contributed by atoms with Gasteiger partial charge in [0.1, 0.15) is 0 Å². The molecule has 1 aromatic carbocycles. The molecule has 1 amide bonds. The highest BCUT2D eigenvalue weighted by atomic mass is 32.2. The predicted molar refractivity (Wildman–Crippen MR) is 108 cm³/mol. The molecule has 0 bridgehead atoms. The molecular weight excluding hydrogens is 386 g/mol. The van der Waals surface area contributed by atoms with E-state index in [2.05, 4.69) is 27.4 Å². The van der Waals surface area contributed by atoms with Gasteiger partial charge in [-0.1, -0.05) is 36.0 Å². The van der Waals surface area contributed by atoms with E-state index < -0.39 is 0 Å². The molecule has 0 aliphatic rings. The quantitative estimate of drug-likeness (QED) is 0.433. The van der Waals surface area contributed by atoms with Gasteiger partial charge in [0, 0.05) is 15.5 Å². The highest BCUT2D eigenvalue weighted by Crippen LogP contribution is 2.27. The molecule has 3 aromatic rings. The number of aromatic nitrogens is 4. The molecular formula is C17H17N5OS3. The van der Waals surface area contributed by atoms with Crippen LogP contribution in [0.15, 0.2) is 64.5 Å². The van der Waals surface area contributed by atoms with Gasteiger partial charge in [-0.15, -0.1) is 34.8 Å². The molecule has 2 aromatic heterocycles. The number of para-hydroxylation sites is 1. The summed E-state index contributed by atoms with van der Waals surface area (Å²) in [4.78, 5) is 14.5. The van der Waals surface area contributed by atoms with Crippen molar-refractivity contribution in [2.45, 2.75) is 16.6 Å². The number of rotatable bonds is 9. The Labute approximate surface area is 164 Å². The molecule has 3 rings (SSSR count). The van der Waals surface area contributed by atoms with Gasteiger partial charge in [0.05, 0.1) is 18.0 Å². The standard InChI is InChI=1S/C17H17N5OS3/c1-2-9-25-15-8-4-3-7-14(15)18-16(23)12-26-17-19-20-21-22(17)11-13-6-5-10-24-13/h2-8,10H,1,9,11-12H2,(H,18,23). The minimum atomic E-state index is -0.0904. The minimum Gasteiger partial charge on any atom is -0.324 e. The molecule has 0 spiro atoms. The van der Waals surface area contributed by atoms with Crippen LogP contribution in [-0.4, -0.2) is 37.6 Å². The second-order valence-corrected chi connectivity index (χ2v) is 8.17. The van der Waals surface area contributed by atoms with E-state index in [0.717, 1.165) is 21.2 Å². The second-order valence-electron chi connectivity index (χ2n) is 5.13. The molecule has 2 heterocycles. The first kappa shape index (κ1) is 18.7. The van der Waals surface area contributed by atoms with Gasteiger partial charge in [0.2, 0.25) is 11.1 Å². The summed E-state index contributed by atoms with van der Waals surface area (Å²) in [6.07, 6.45) is 1.84. The zero-order chi connectivity index (χ0) is 18.2. The van der Waals surface area contributed by atoms with E-state index in [9.17, 15) is 4.79 Å². The van der Waals surface area contributed by atoms with E-state index in [1.165, 1.54) is 11.8 Å². The number of nitrogens with zero attached hydrogens (tertiary/aromatic N) is 4. The van der Waals surface area contributed by atoms with Crippen molar-refractivity contribution >= 4 is 46.5 Å². The number of thiophene rings is 1. The first-order chi connectivity index (χ1) is 12.8. The van der Waals surface area contributed by atoms with Crippen LogP contribution in [0.4, 0.5) is 5.69 Å². The number of carbonyl (C=O) groups excluding carboxylic acids is 1. The molecule has 0 aliphatic carbocycles. The van der Waals surface area contributed by atoms with Crippen molar-refractivity contribution in [3.05, 3.63) is 59.3 Å². The maximum Gasteiger partial charge on any atom is 0.234 e. The van der Waals surface area contributed by atoms with Gasteiger partial charge in [-0.25, -0.2) is 4.68 Å². The zero-order valence-electron chi connectivity index (χ0n) is 13.9. The Morgan fingerprint density at radius 1 is 1.27 bits per heavy atom. The van der Waals surface area contributed by atoms with Gasteiger partial charge < -0.3 is 5.32 Å². The molecule has 134 valence electrons. The van der Waals surface area contributed by atoms with Crippen LogP contribution in [0.3, 0.4) is 0 Å². The Morgan fingerprint density at radius 2 is 2.15 bits per heavy atom. The monoisotopic (exact) mass is 403 g/mol. The number of anilines is 1. The van der Waals surface area contributed by atoms with Crippen molar-refractivity contribution in [1.29, 1.82) is 0 Å². The Morgan fingerprint density at radius 3 is 2.96 bits per heavy atom. The van der Waals surface area contributed by atoms with Gasteiger partial charge in [0.25, 0.3) is 0 Å². The highest BCUT2D eigenvalue weighted by molar-refractivity contribution is 8.00. The van der Waals surface area contributed by atoms with Crippen LogP contribution in [0.5, 0.6) is 0 Å². The number of thioether (sulfide) groups is 2. The van der Waals surface area contributed by atoms with Crippen LogP contribution in [0.2, 0.25) is 0 Å². The third-order valence-electron chi connectivity index (χ3n) is 3.23. The van der Waals surface area contributed by atoms with Crippen LogP contribution in [-0.2, 0) is 11.3 Å². The Hall–Kier alpha value is -2.10. The first-order valence-electron chi connectivity index (χ1n) is 7.80. The van der Waals surface area contributed by atoms with Gasteiger partial charge in [0.15, 0.2) is 0 Å². The summed E-state index contributed by atoms with van der Waals surface area (Å²) < 4.78 is 1.71. The van der Waals surface area contributed by atoms with Gasteiger partial charge >= 0.3 is 0 Å². The first-order valence-corrected chi connectivity index (χ1v) is 10.7. The Balaban J connectivity index is 1.57. The third-order valence-corrected chi connectivity index (χ3v) is 6.12. The van der Waals surface area contributed by atoms with Gasteiger partial charge in [-0.3, -0.25) is 4.79 Å². The minimum absolute atomic E-state index is 0.0904. The largest absolute Gasteiger partial charge is 0.324 e. The molecule has 26 heavy (non-hydrogen) atoms. The van der Waals surface area contributed by atoms with Crippen molar-refractivity contribution in [3.8, 4) is 0 Å². The summed E-state index contributed by atoms with van der Waals surface area (Å²) in [5.74, 6) is 0.942. The molecule has 0 atom stereocenters. The lowest BCUT2D eigenvalue weighted by molar-refractivity contribution is -0.113. The molecule has 0 aliphatic heterocycles. The SMILES string of the molecule is C=CCSc1ccccc1NC(=O)CSc1nnnn1Cc1cccs1. The molecule has 1 N–H and O–H groups in total. The normalized spacial score (nSPS) is 10.6.